The lowest BCUT2D eigenvalue weighted by molar-refractivity contribution is -0.134. The molecule has 1 aromatic carbocycles. The van der Waals surface area contributed by atoms with E-state index in [2.05, 4.69) is 61.8 Å². The summed E-state index contributed by atoms with van der Waals surface area (Å²) in [7, 11) is 1.77. The number of hydrogen-bond donors (Lipinski definition) is 3. The Morgan fingerprint density at radius 1 is 1.09 bits per heavy atom. The van der Waals surface area contributed by atoms with Gasteiger partial charge in [0.05, 0.1) is 18.0 Å². The minimum atomic E-state index is -0.724. The predicted octanol–water partition coefficient (Wildman–Crippen LogP) is 4.15. The van der Waals surface area contributed by atoms with Crippen molar-refractivity contribution in [3.8, 4) is 0 Å². The molecule has 0 radical (unpaired) electrons. The quantitative estimate of drug-likeness (QED) is 0.255. The van der Waals surface area contributed by atoms with Crippen LogP contribution in [0, 0.1) is 5.92 Å². The van der Waals surface area contributed by atoms with Crippen molar-refractivity contribution in [3.05, 3.63) is 48.2 Å². The third-order valence-corrected chi connectivity index (χ3v) is 8.00. The smallest absolute Gasteiger partial charge is 0.165 e. The van der Waals surface area contributed by atoms with Gasteiger partial charge in [0.25, 0.3) is 0 Å². The first kappa shape index (κ1) is 29.2. The van der Waals surface area contributed by atoms with Crippen LogP contribution in [0.1, 0.15) is 84.1 Å². The zero-order valence-corrected chi connectivity index (χ0v) is 22.6. The van der Waals surface area contributed by atoms with Crippen molar-refractivity contribution in [1.82, 2.24) is 10.2 Å². The number of carbonyl (C=O) groups excluding carboxylic acids is 2. The minimum Gasteiger partial charge on any atom is -0.361 e. The normalized spacial score (nSPS) is 21.5. The fraction of sp³-hybridized carbons (Fsp3) is 0.655. The maximum absolute atomic E-state index is 13.8. The van der Waals surface area contributed by atoms with Crippen molar-refractivity contribution in [2.24, 2.45) is 17.4 Å². The zero-order valence-electron chi connectivity index (χ0n) is 22.6. The Kier molecular flexibility index (Phi) is 11.1. The molecule has 0 bridgehead atoms. The van der Waals surface area contributed by atoms with E-state index in [0.29, 0.717) is 12.3 Å². The van der Waals surface area contributed by atoms with E-state index in [1.807, 2.05) is 13.0 Å². The van der Waals surface area contributed by atoms with E-state index < -0.39 is 11.6 Å². The summed E-state index contributed by atoms with van der Waals surface area (Å²) in [6.07, 6.45) is 5.18. The fourth-order valence-corrected chi connectivity index (χ4v) is 5.27. The molecular weight excluding hydrogens is 436 g/mol. The molecule has 1 aliphatic heterocycles. The van der Waals surface area contributed by atoms with E-state index in [4.69, 9.17) is 11.5 Å². The number of likely N-dealkylation sites (tertiary alicyclic amines) is 1. The molecule has 0 spiro atoms. The molecule has 1 aromatic rings. The molecule has 35 heavy (non-hydrogen) atoms. The minimum absolute atomic E-state index is 0.0352. The first-order valence-corrected chi connectivity index (χ1v) is 13.3. The highest BCUT2D eigenvalue weighted by molar-refractivity contribution is 6.05. The molecule has 1 saturated heterocycles. The highest BCUT2D eigenvalue weighted by atomic mass is 16.2. The van der Waals surface area contributed by atoms with Crippen molar-refractivity contribution in [1.29, 1.82) is 0 Å². The van der Waals surface area contributed by atoms with Gasteiger partial charge < -0.3 is 21.7 Å². The second kappa shape index (κ2) is 13.3. The van der Waals surface area contributed by atoms with Gasteiger partial charge in [-0.25, -0.2) is 0 Å². The predicted molar refractivity (Wildman–Crippen MR) is 145 cm³/mol. The standard InChI is InChI=1S/C29H48N4O2/c1-20(2)27(30)23(5)33-18-12-17-29(33,26(35)19-25(34)28(31)22(4)32-6)16-11-10-13-21(3)24-14-8-7-9-15-24/h7-9,14-15,20-22,27-28,32H,5,10-13,16-19,30-31H2,1-4,6H3. The highest BCUT2D eigenvalue weighted by Crippen LogP contribution is 2.40. The van der Waals surface area contributed by atoms with Gasteiger partial charge in [-0.1, -0.05) is 70.5 Å². The number of hydrogen-bond acceptors (Lipinski definition) is 6. The first-order valence-electron chi connectivity index (χ1n) is 13.3. The van der Waals surface area contributed by atoms with Crippen molar-refractivity contribution in [3.63, 3.8) is 0 Å². The van der Waals surface area contributed by atoms with Crippen molar-refractivity contribution < 1.29 is 9.59 Å². The lowest BCUT2D eigenvalue weighted by Gasteiger charge is -2.42. The van der Waals surface area contributed by atoms with Crippen molar-refractivity contribution in [2.45, 2.75) is 102 Å². The summed E-state index contributed by atoms with van der Waals surface area (Å²) in [5.74, 6) is 0.440. The molecule has 196 valence electrons. The molecule has 6 nitrogen and oxygen atoms in total. The average molecular weight is 485 g/mol. The summed E-state index contributed by atoms with van der Waals surface area (Å²) in [6, 6.07) is 9.43. The molecular formula is C29H48N4O2. The summed E-state index contributed by atoms with van der Waals surface area (Å²) >= 11 is 0. The van der Waals surface area contributed by atoms with Crippen LogP contribution in [0.3, 0.4) is 0 Å². The summed E-state index contributed by atoms with van der Waals surface area (Å²) in [4.78, 5) is 28.9. The van der Waals surface area contributed by atoms with Gasteiger partial charge in [-0.3, -0.25) is 9.59 Å². The Morgan fingerprint density at radius 3 is 2.34 bits per heavy atom. The van der Waals surface area contributed by atoms with Gasteiger partial charge in [-0.05, 0) is 57.1 Å². The van der Waals surface area contributed by atoms with Gasteiger partial charge in [0.2, 0.25) is 0 Å². The van der Waals surface area contributed by atoms with E-state index in [1.54, 1.807) is 7.05 Å². The van der Waals surface area contributed by atoms with Crippen molar-refractivity contribution >= 4 is 11.6 Å². The number of nitrogens with zero attached hydrogens (tertiary/aromatic N) is 1. The highest BCUT2D eigenvalue weighted by Gasteiger charge is 2.48. The van der Waals surface area contributed by atoms with Crippen LogP contribution in [0.5, 0.6) is 0 Å². The summed E-state index contributed by atoms with van der Waals surface area (Å²) in [5.41, 5.74) is 14.0. The van der Waals surface area contributed by atoms with E-state index in [-0.39, 0.29) is 36.0 Å². The number of ketones is 2. The van der Waals surface area contributed by atoms with E-state index in [1.165, 1.54) is 5.56 Å². The van der Waals surface area contributed by atoms with Gasteiger partial charge in [-0.2, -0.15) is 0 Å². The van der Waals surface area contributed by atoms with Crippen LogP contribution in [0.25, 0.3) is 0 Å². The molecule has 0 amide bonds. The molecule has 1 fully saturated rings. The summed E-state index contributed by atoms with van der Waals surface area (Å²) < 4.78 is 0. The lowest BCUT2D eigenvalue weighted by atomic mass is 9.80. The largest absolute Gasteiger partial charge is 0.361 e. The van der Waals surface area contributed by atoms with Crippen LogP contribution in [-0.4, -0.2) is 53.7 Å². The average Bonchev–Trinajstić information content (AvgIpc) is 3.29. The Hall–Kier alpha value is -2.02. The van der Waals surface area contributed by atoms with E-state index in [9.17, 15) is 9.59 Å². The number of rotatable bonds is 15. The number of nitrogens with two attached hydrogens (primary N) is 2. The van der Waals surface area contributed by atoms with E-state index >= 15 is 0 Å². The Bertz CT molecular complexity index is 840. The van der Waals surface area contributed by atoms with Crippen LogP contribution in [0.15, 0.2) is 42.6 Å². The molecule has 5 atom stereocenters. The Balaban J connectivity index is 2.17. The molecule has 0 aromatic heterocycles. The molecule has 2 rings (SSSR count). The number of Topliss-reactive ketones (excluding diaryl/α,β-unsaturated/α-hetero) is 2. The van der Waals surface area contributed by atoms with Gasteiger partial charge in [-0.15, -0.1) is 0 Å². The van der Waals surface area contributed by atoms with Crippen LogP contribution in [0.2, 0.25) is 0 Å². The third-order valence-electron chi connectivity index (χ3n) is 8.00. The van der Waals surface area contributed by atoms with Gasteiger partial charge in [0, 0.05) is 24.3 Å². The number of nitrogens with one attached hydrogen (secondary N) is 1. The first-order chi connectivity index (χ1) is 16.5. The summed E-state index contributed by atoms with van der Waals surface area (Å²) in [6.45, 7) is 13.3. The Morgan fingerprint density at radius 2 is 1.74 bits per heavy atom. The SMILES string of the molecule is C=C(C(N)C(C)C)N1CCCC1(CCCCC(C)c1ccccc1)C(=O)CC(=O)C(N)C(C)NC. The molecule has 5 unspecified atom stereocenters. The van der Waals surface area contributed by atoms with Crippen LogP contribution in [0.4, 0.5) is 0 Å². The van der Waals surface area contributed by atoms with Gasteiger partial charge in [0.1, 0.15) is 0 Å². The molecule has 1 aliphatic rings. The molecule has 6 heteroatoms. The number of likely N-dealkylation sites (N-methyl/N-ethyl adjacent to an activating group) is 1. The maximum Gasteiger partial charge on any atom is 0.165 e. The molecule has 5 N–H and O–H groups in total. The second-order valence-corrected chi connectivity index (χ2v) is 10.8. The molecule has 0 saturated carbocycles. The summed E-state index contributed by atoms with van der Waals surface area (Å²) in [5, 5.41) is 3.02. The van der Waals surface area contributed by atoms with Crippen LogP contribution >= 0.6 is 0 Å². The monoisotopic (exact) mass is 484 g/mol. The molecule has 0 aliphatic carbocycles. The topological polar surface area (TPSA) is 101 Å². The second-order valence-electron chi connectivity index (χ2n) is 10.8. The fourth-order valence-electron chi connectivity index (χ4n) is 5.27. The number of carbonyl (C=O) groups is 2. The Labute approximate surface area is 212 Å². The maximum atomic E-state index is 13.8. The van der Waals surface area contributed by atoms with Crippen LogP contribution in [-0.2, 0) is 9.59 Å². The number of unbranched alkanes of at least 4 members (excludes halogenated alkanes) is 1. The van der Waals surface area contributed by atoms with Crippen molar-refractivity contribution in [2.75, 3.05) is 13.6 Å². The van der Waals surface area contributed by atoms with E-state index in [0.717, 1.165) is 44.3 Å². The number of benzene rings is 1. The lowest BCUT2D eigenvalue weighted by Crippen LogP contribution is -2.55. The zero-order chi connectivity index (χ0) is 26.2. The van der Waals surface area contributed by atoms with Gasteiger partial charge >= 0.3 is 0 Å². The van der Waals surface area contributed by atoms with Gasteiger partial charge in [0.15, 0.2) is 11.6 Å². The third kappa shape index (κ3) is 7.25. The van der Waals surface area contributed by atoms with Crippen LogP contribution < -0.4 is 16.8 Å². The molecule has 1 heterocycles.